The fraction of sp³-hybridized carbons (Fsp3) is 0.526. The summed E-state index contributed by atoms with van der Waals surface area (Å²) in [5, 5.41) is 12.8. The first-order valence-corrected chi connectivity index (χ1v) is 8.60. The van der Waals surface area contributed by atoms with Crippen molar-refractivity contribution in [2.45, 2.75) is 64.2 Å². The second kappa shape index (κ2) is 9.36. The predicted octanol–water partition coefficient (Wildman–Crippen LogP) is 3.34. The first kappa shape index (κ1) is 17.5. The Morgan fingerprint density at radius 2 is 2.09 bits per heavy atom. The molecule has 1 aromatic rings. The fourth-order valence-corrected chi connectivity index (χ4v) is 2.75. The van der Waals surface area contributed by atoms with Gasteiger partial charge in [0.15, 0.2) is 0 Å². The maximum Gasteiger partial charge on any atom is 0.244 e. The Morgan fingerprint density at radius 3 is 2.91 bits per heavy atom. The van der Waals surface area contributed by atoms with Gasteiger partial charge >= 0.3 is 0 Å². The maximum absolute atomic E-state index is 11.9. The van der Waals surface area contributed by atoms with Gasteiger partial charge in [-0.3, -0.25) is 4.79 Å². The third-order valence-electron chi connectivity index (χ3n) is 4.08. The Kier molecular flexibility index (Phi) is 7.14. The highest BCUT2D eigenvalue weighted by molar-refractivity contribution is 5.87. The zero-order valence-corrected chi connectivity index (χ0v) is 13.8. The van der Waals surface area contributed by atoms with E-state index in [4.69, 9.17) is 4.74 Å². The van der Waals surface area contributed by atoms with Crippen LogP contribution in [-0.2, 0) is 11.2 Å². The summed E-state index contributed by atoms with van der Waals surface area (Å²) in [6.07, 6.45) is 10.1. The van der Waals surface area contributed by atoms with Crippen molar-refractivity contribution in [3.05, 3.63) is 42.0 Å². The number of fused-ring (bicyclic) bond motifs is 1. The molecule has 1 heterocycles. The van der Waals surface area contributed by atoms with Gasteiger partial charge in [0.05, 0.1) is 6.04 Å². The Morgan fingerprint density at radius 1 is 1.30 bits per heavy atom. The SMILES string of the molecule is CCCCCCC/C=C/C(=O)NC1Cc2ccccc2OC1O. The van der Waals surface area contributed by atoms with Gasteiger partial charge in [-0.2, -0.15) is 0 Å². The Balaban J connectivity index is 1.73. The lowest BCUT2D eigenvalue weighted by Gasteiger charge is -2.30. The van der Waals surface area contributed by atoms with Crippen LogP contribution >= 0.6 is 0 Å². The van der Waals surface area contributed by atoms with E-state index in [-0.39, 0.29) is 5.91 Å². The number of benzene rings is 1. The van der Waals surface area contributed by atoms with Crippen LogP contribution in [0.3, 0.4) is 0 Å². The Hall–Kier alpha value is -1.81. The summed E-state index contributed by atoms with van der Waals surface area (Å²) in [4.78, 5) is 11.9. The number of hydrogen-bond acceptors (Lipinski definition) is 3. The molecule has 1 aromatic carbocycles. The molecule has 0 aliphatic carbocycles. The number of rotatable bonds is 8. The molecular weight excluding hydrogens is 290 g/mol. The average Bonchev–Trinajstić information content (AvgIpc) is 2.55. The van der Waals surface area contributed by atoms with E-state index >= 15 is 0 Å². The van der Waals surface area contributed by atoms with Gasteiger partial charge in [-0.1, -0.05) is 56.9 Å². The summed E-state index contributed by atoms with van der Waals surface area (Å²) in [7, 11) is 0. The first-order chi connectivity index (χ1) is 11.2. The molecule has 126 valence electrons. The second-order valence-electron chi connectivity index (χ2n) is 6.04. The smallest absolute Gasteiger partial charge is 0.244 e. The van der Waals surface area contributed by atoms with Crippen LogP contribution in [0.5, 0.6) is 5.75 Å². The topological polar surface area (TPSA) is 58.6 Å². The van der Waals surface area contributed by atoms with Crippen LogP contribution in [0, 0.1) is 0 Å². The van der Waals surface area contributed by atoms with Crippen molar-refractivity contribution < 1.29 is 14.6 Å². The number of carbonyl (C=O) groups excluding carboxylic acids is 1. The van der Waals surface area contributed by atoms with E-state index in [1.54, 1.807) is 6.08 Å². The molecule has 2 N–H and O–H groups in total. The highest BCUT2D eigenvalue weighted by Crippen LogP contribution is 2.26. The molecule has 0 spiro atoms. The van der Waals surface area contributed by atoms with Gasteiger partial charge in [-0.25, -0.2) is 0 Å². The molecule has 0 bridgehead atoms. The molecule has 2 unspecified atom stereocenters. The molecule has 4 heteroatoms. The molecule has 0 saturated heterocycles. The quantitative estimate of drug-likeness (QED) is 0.571. The molecule has 0 saturated carbocycles. The summed E-state index contributed by atoms with van der Waals surface area (Å²) < 4.78 is 5.44. The van der Waals surface area contributed by atoms with Crippen LogP contribution in [0.15, 0.2) is 36.4 Å². The van der Waals surface area contributed by atoms with E-state index in [0.717, 1.165) is 18.4 Å². The molecule has 0 aromatic heterocycles. The summed E-state index contributed by atoms with van der Waals surface area (Å²) in [6.45, 7) is 2.20. The largest absolute Gasteiger partial charge is 0.463 e. The lowest BCUT2D eigenvalue weighted by molar-refractivity contribution is -0.121. The highest BCUT2D eigenvalue weighted by atomic mass is 16.6. The molecule has 1 aliphatic rings. The summed E-state index contributed by atoms with van der Waals surface area (Å²) in [6, 6.07) is 7.17. The average molecular weight is 317 g/mol. The molecule has 0 fully saturated rings. The number of hydrogen-bond donors (Lipinski definition) is 2. The minimum Gasteiger partial charge on any atom is -0.463 e. The van der Waals surface area contributed by atoms with Crippen LogP contribution in [0.1, 0.15) is 51.0 Å². The number of aliphatic hydroxyl groups excluding tert-OH is 1. The Bertz CT molecular complexity index is 527. The van der Waals surface area contributed by atoms with Crippen LogP contribution in [0.25, 0.3) is 0 Å². The van der Waals surface area contributed by atoms with E-state index in [2.05, 4.69) is 12.2 Å². The monoisotopic (exact) mass is 317 g/mol. The maximum atomic E-state index is 11.9. The second-order valence-corrected chi connectivity index (χ2v) is 6.04. The lowest BCUT2D eigenvalue weighted by Crippen LogP contribution is -2.49. The normalized spacial score (nSPS) is 20.1. The highest BCUT2D eigenvalue weighted by Gasteiger charge is 2.28. The number of allylic oxidation sites excluding steroid dienone is 1. The summed E-state index contributed by atoms with van der Waals surface area (Å²) in [5.74, 6) is 0.513. The summed E-state index contributed by atoms with van der Waals surface area (Å²) >= 11 is 0. The van der Waals surface area contributed by atoms with Gasteiger partial charge in [0.1, 0.15) is 5.75 Å². The molecule has 1 aliphatic heterocycles. The van der Waals surface area contributed by atoms with Crippen molar-refractivity contribution in [1.82, 2.24) is 5.32 Å². The number of aliphatic hydroxyl groups is 1. The van der Waals surface area contributed by atoms with Gasteiger partial charge < -0.3 is 15.2 Å². The van der Waals surface area contributed by atoms with Crippen molar-refractivity contribution in [3.63, 3.8) is 0 Å². The number of nitrogens with one attached hydrogen (secondary N) is 1. The molecule has 4 nitrogen and oxygen atoms in total. The van der Waals surface area contributed by atoms with Gasteiger partial charge in [-0.05, 0) is 30.5 Å². The van der Waals surface area contributed by atoms with E-state index in [0.29, 0.717) is 12.2 Å². The summed E-state index contributed by atoms with van der Waals surface area (Å²) in [5.41, 5.74) is 1.00. The predicted molar refractivity (Wildman–Crippen MR) is 91.2 cm³/mol. The number of carbonyl (C=O) groups is 1. The zero-order chi connectivity index (χ0) is 16.5. The van der Waals surface area contributed by atoms with Crippen LogP contribution in [-0.4, -0.2) is 23.3 Å². The molecule has 0 radical (unpaired) electrons. The van der Waals surface area contributed by atoms with E-state index in [1.807, 2.05) is 30.3 Å². The fourth-order valence-electron chi connectivity index (χ4n) is 2.75. The van der Waals surface area contributed by atoms with Gasteiger partial charge in [-0.15, -0.1) is 0 Å². The molecule has 23 heavy (non-hydrogen) atoms. The van der Waals surface area contributed by atoms with Crippen LogP contribution in [0.2, 0.25) is 0 Å². The van der Waals surface area contributed by atoms with Crippen molar-refractivity contribution in [1.29, 1.82) is 0 Å². The lowest BCUT2D eigenvalue weighted by atomic mass is 10.0. The van der Waals surface area contributed by atoms with Crippen molar-refractivity contribution in [2.75, 3.05) is 0 Å². The van der Waals surface area contributed by atoms with Crippen molar-refractivity contribution >= 4 is 5.91 Å². The van der Waals surface area contributed by atoms with Gasteiger partial charge in [0.25, 0.3) is 0 Å². The van der Waals surface area contributed by atoms with Gasteiger partial charge in [0.2, 0.25) is 12.2 Å². The van der Waals surface area contributed by atoms with E-state index < -0.39 is 12.3 Å². The van der Waals surface area contributed by atoms with E-state index in [1.165, 1.54) is 25.7 Å². The van der Waals surface area contributed by atoms with Crippen molar-refractivity contribution in [3.8, 4) is 5.75 Å². The Labute approximate surface area is 138 Å². The third-order valence-corrected chi connectivity index (χ3v) is 4.08. The zero-order valence-electron chi connectivity index (χ0n) is 13.8. The molecule has 1 amide bonds. The van der Waals surface area contributed by atoms with Crippen LogP contribution < -0.4 is 10.1 Å². The minimum atomic E-state index is -1.00. The molecule has 2 rings (SSSR count). The molecular formula is C19H27NO3. The number of amides is 1. The standard InChI is InChI=1S/C19H27NO3/c1-2-3-4-5-6-7-8-13-18(21)20-16-14-15-11-9-10-12-17(15)23-19(16)22/h8-13,16,19,22H,2-7,14H2,1H3,(H,20,21)/b13-8+. The van der Waals surface area contributed by atoms with Gasteiger partial charge in [0, 0.05) is 6.42 Å². The van der Waals surface area contributed by atoms with Crippen LogP contribution in [0.4, 0.5) is 0 Å². The third kappa shape index (κ3) is 5.71. The number of para-hydroxylation sites is 1. The molecule has 2 atom stereocenters. The number of unbranched alkanes of at least 4 members (excludes halogenated alkanes) is 5. The minimum absolute atomic E-state index is 0.175. The first-order valence-electron chi connectivity index (χ1n) is 8.60. The van der Waals surface area contributed by atoms with Crippen molar-refractivity contribution in [2.24, 2.45) is 0 Å². The van der Waals surface area contributed by atoms with E-state index in [9.17, 15) is 9.90 Å². The number of ether oxygens (including phenoxy) is 1.